The highest BCUT2D eigenvalue weighted by Gasteiger charge is 2.12. The molecule has 1 amide bonds. The van der Waals surface area contributed by atoms with Crippen molar-refractivity contribution in [1.82, 2.24) is 14.8 Å². The fraction of sp³-hybridized carbons (Fsp3) is 0.250. The van der Waals surface area contributed by atoms with E-state index in [0.717, 1.165) is 5.56 Å². The molecule has 106 valence electrons. The van der Waals surface area contributed by atoms with Gasteiger partial charge in [-0.1, -0.05) is 41.0 Å². The standard InChI is InChI=1S/C12H12Cl2N4OS/c1-7-16-17-12(18(7)5-11(15)19)20-6-8-2-3-9(13)4-10(8)14/h2-4H,5-6H2,1H3,(H2,15,19). The first-order valence-corrected chi connectivity index (χ1v) is 7.46. The van der Waals surface area contributed by atoms with Crippen LogP contribution in [-0.2, 0) is 17.1 Å². The first kappa shape index (κ1) is 15.2. The first-order chi connectivity index (χ1) is 9.47. The van der Waals surface area contributed by atoms with Crippen LogP contribution in [0.15, 0.2) is 23.4 Å². The Kier molecular flexibility index (Phi) is 4.91. The predicted octanol–water partition coefficient (Wildman–Crippen LogP) is 2.67. The third-order valence-corrected chi connectivity index (χ3v) is 4.19. The minimum atomic E-state index is -0.431. The van der Waals surface area contributed by atoms with Gasteiger partial charge in [0.15, 0.2) is 5.16 Å². The van der Waals surface area contributed by atoms with Gasteiger partial charge in [-0.3, -0.25) is 9.36 Å². The molecule has 0 spiro atoms. The molecule has 0 saturated carbocycles. The van der Waals surface area contributed by atoms with Crippen LogP contribution in [0.25, 0.3) is 0 Å². The van der Waals surface area contributed by atoms with Crippen molar-refractivity contribution in [3.63, 3.8) is 0 Å². The molecule has 0 unspecified atom stereocenters. The molecule has 0 radical (unpaired) electrons. The fourth-order valence-electron chi connectivity index (χ4n) is 1.59. The molecule has 1 heterocycles. The smallest absolute Gasteiger partial charge is 0.237 e. The minimum Gasteiger partial charge on any atom is -0.368 e. The summed E-state index contributed by atoms with van der Waals surface area (Å²) < 4.78 is 1.68. The van der Waals surface area contributed by atoms with Gasteiger partial charge in [0.1, 0.15) is 12.4 Å². The van der Waals surface area contributed by atoms with E-state index >= 15 is 0 Å². The number of amides is 1. The van der Waals surface area contributed by atoms with Gasteiger partial charge in [0, 0.05) is 15.8 Å². The van der Waals surface area contributed by atoms with Crippen molar-refractivity contribution >= 4 is 40.9 Å². The average molecular weight is 331 g/mol. The average Bonchev–Trinajstić information content (AvgIpc) is 2.69. The largest absolute Gasteiger partial charge is 0.368 e. The number of hydrogen-bond acceptors (Lipinski definition) is 4. The SMILES string of the molecule is Cc1nnc(SCc2ccc(Cl)cc2Cl)n1CC(N)=O. The number of aromatic nitrogens is 3. The maximum absolute atomic E-state index is 11.0. The van der Waals surface area contributed by atoms with Crippen LogP contribution in [0.5, 0.6) is 0 Å². The number of thioether (sulfide) groups is 1. The molecule has 0 aliphatic heterocycles. The molecule has 0 fully saturated rings. The van der Waals surface area contributed by atoms with Crippen molar-refractivity contribution < 1.29 is 4.79 Å². The van der Waals surface area contributed by atoms with Crippen molar-refractivity contribution in [2.75, 3.05) is 0 Å². The van der Waals surface area contributed by atoms with Crippen molar-refractivity contribution in [1.29, 1.82) is 0 Å². The molecule has 1 aromatic heterocycles. The van der Waals surface area contributed by atoms with Gasteiger partial charge < -0.3 is 5.73 Å². The topological polar surface area (TPSA) is 73.8 Å². The van der Waals surface area contributed by atoms with E-state index < -0.39 is 5.91 Å². The number of nitrogens with zero attached hydrogens (tertiary/aromatic N) is 3. The number of halogens is 2. The lowest BCUT2D eigenvalue weighted by Gasteiger charge is -2.07. The molecule has 0 aliphatic carbocycles. The van der Waals surface area contributed by atoms with Gasteiger partial charge in [-0.05, 0) is 24.6 Å². The molecule has 0 atom stereocenters. The van der Waals surface area contributed by atoms with Gasteiger partial charge in [0.2, 0.25) is 5.91 Å². The Labute approximate surface area is 130 Å². The van der Waals surface area contributed by atoms with E-state index in [1.165, 1.54) is 11.8 Å². The first-order valence-electron chi connectivity index (χ1n) is 5.72. The molecule has 0 saturated heterocycles. The highest BCUT2D eigenvalue weighted by atomic mass is 35.5. The van der Waals surface area contributed by atoms with E-state index in [1.54, 1.807) is 23.6 Å². The van der Waals surface area contributed by atoms with Crippen LogP contribution < -0.4 is 5.73 Å². The van der Waals surface area contributed by atoms with E-state index in [1.807, 2.05) is 6.07 Å². The lowest BCUT2D eigenvalue weighted by atomic mass is 10.2. The lowest BCUT2D eigenvalue weighted by molar-refractivity contribution is -0.118. The zero-order valence-electron chi connectivity index (χ0n) is 10.6. The lowest BCUT2D eigenvalue weighted by Crippen LogP contribution is -2.20. The molecule has 0 bridgehead atoms. The summed E-state index contributed by atoms with van der Waals surface area (Å²) in [7, 11) is 0. The molecule has 20 heavy (non-hydrogen) atoms. The summed E-state index contributed by atoms with van der Waals surface area (Å²) in [6.45, 7) is 1.84. The van der Waals surface area contributed by atoms with E-state index in [9.17, 15) is 4.79 Å². The predicted molar refractivity (Wildman–Crippen MR) is 80.0 cm³/mol. The summed E-state index contributed by atoms with van der Waals surface area (Å²) in [5, 5.41) is 9.80. The highest BCUT2D eigenvalue weighted by molar-refractivity contribution is 7.98. The van der Waals surface area contributed by atoms with Gasteiger partial charge >= 0.3 is 0 Å². The van der Waals surface area contributed by atoms with Crippen LogP contribution in [0.3, 0.4) is 0 Å². The minimum absolute atomic E-state index is 0.0650. The Bertz CT molecular complexity index is 644. The van der Waals surface area contributed by atoms with Gasteiger partial charge in [-0.15, -0.1) is 10.2 Å². The highest BCUT2D eigenvalue weighted by Crippen LogP contribution is 2.28. The zero-order valence-corrected chi connectivity index (χ0v) is 13.0. The summed E-state index contributed by atoms with van der Waals surface area (Å²) in [4.78, 5) is 11.0. The van der Waals surface area contributed by atoms with Gasteiger partial charge in [0.05, 0.1) is 0 Å². The van der Waals surface area contributed by atoms with Crippen LogP contribution in [0.2, 0.25) is 10.0 Å². The summed E-state index contributed by atoms with van der Waals surface area (Å²) in [5.74, 6) is 0.820. The van der Waals surface area contributed by atoms with E-state index in [0.29, 0.717) is 26.8 Å². The second kappa shape index (κ2) is 6.47. The van der Waals surface area contributed by atoms with Gasteiger partial charge in [-0.2, -0.15) is 0 Å². The van der Waals surface area contributed by atoms with Gasteiger partial charge in [0.25, 0.3) is 0 Å². The molecule has 2 N–H and O–H groups in total. The number of carbonyl (C=O) groups excluding carboxylic acids is 1. The Hall–Kier alpha value is -1.24. The molecule has 1 aromatic carbocycles. The number of primary amides is 1. The van der Waals surface area contributed by atoms with E-state index in [4.69, 9.17) is 28.9 Å². The molecule has 2 aromatic rings. The molecule has 8 heteroatoms. The third-order valence-electron chi connectivity index (χ3n) is 2.59. The summed E-state index contributed by atoms with van der Waals surface area (Å²) in [6.07, 6.45) is 0. The van der Waals surface area contributed by atoms with Crippen LogP contribution in [0.1, 0.15) is 11.4 Å². The van der Waals surface area contributed by atoms with Gasteiger partial charge in [-0.25, -0.2) is 0 Å². The molecule has 2 rings (SSSR count). The monoisotopic (exact) mass is 330 g/mol. The second-order valence-corrected chi connectivity index (χ2v) is 5.89. The van der Waals surface area contributed by atoms with E-state index in [2.05, 4.69) is 10.2 Å². The molecular formula is C12H12Cl2N4OS. The third kappa shape index (κ3) is 3.65. The van der Waals surface area contributed by atoms with Crippen LogP contribution in [-0.4, -0.2) is 20.7 Å². The van der Waals surface area contributed by atoms with Crippen molar-refractivity contribution in [2.45, 2.75) is 24.4 Å². The molecule has 5 nitrogen and oxygen atoms in total. The fourth-order valence-corrected chi connectivity index (χ4v) is 3.13. The normalized spacial score (nSPS) is 10.8. The number of nitrogens with two attached hydrogens (primary N) is 1. The van der Waals surface area contributed by atoms with Crippen molar-refractivity contribution in [3.8, 4) is 0 Å². The quantitative estimate of drug-likeness (QED) is 0.855. The zero-order chi connectivity index (χ0) is 14.7. The Morgan fingerprint density at radius 1 is 1.40 bits per heavy atom. The number of aryl methyl sites for hydroxylation is 1. The number of carbonyl (C=O) groups is 1. The molecular weight excluding hydrogens is 319 g/mol. The Morgan fingerprint density at radius 3 is 2.80 bits per heavy atom. The Balaban J connectivity index is 2.13. The summed E-state index contributed by atoms with van der Waals surface area (Å²) >= 11 is 13.4. The summed E-state index contributed by atoms with van der Waals surface area (Å²) in [5.41, 5.74) is 6.15. The summed E-state index contributed by atoms with van der Waals surface area (Å²) in [6, 6.07) is 5.33. The second-order valence-electron chi connectivity index (χ2n) is 4.11. The maximum atomic E-state index is 11.0. The van der Waals surface area contributed by atoms with Crippen LogP contribution in [0, 0.1) is 6.92 Å². The number of benzene rings is 1. The number of rotatable bonds is 5. The maximum Gasteiger partial charge on any atom is 0.237 e. The Morgan fingerprint density at radius 2 is 2.15 bits per heavy atom. The van der Waals surface area contributed by atoms with Crippen molar-refractivity contribution in [3.05, 3.63) is 39.6 Å². The van der Waals surface area contributed by atoms with E-state index in [-0.39, 0.29) is 6.54 Å². The number of hydrogen-bond donors (Lipinski definition) is 1. The van der Waals surface area contributed by atoms with Crippen molar-refractivity contribution in [2.24, 2.45) is 5.73 Å². The van der Waals surface area contributed by atoms with Crippen LogP contribution in [0.4, 0.5) is 0 Å². The van der Waals surface area contributed by atoms with Crippen LogP contribution >= 0.6 is 35.0 Å². The molecule has 0 aliphatic rings.